The number of hydrogen-bond acceptors (Lipinski definition) is 2. The maximum atomic E-state index is 13.1. The van der Waals surface area contributed by atoms with Crippen molar-refractivity contribution in [1.82, 2.24) is 0 Å². The maximum absolute atomic E-state index is 13.1. The molecule has 0 atom stereocenters. The Kier molecular flexibility index (Phi) is 2.01. The van der Waals surface area contributed by atoms with E-state index < -0.39 is 17.6 Å². The average Bonchev–Trinajstić information content (AvgIpc) is 2.40. The largest absolute Gasteiger partial charge is 0.392 e. The first kappa shape index (κ1) is 8.59. The lowest BCUT2D eigenvalue weighted by Gasteiger charge is -1.93. The summed E-state index contributed by atoms with van der Waals surface area (Å²) < 4.78 is 26.5. The number of rotatable bonds is 1. The summed E-state index contributed by atoms with van der Waals surface area (Å²) in [4.78, 5) is 0. The molecule has 2 rings (SSSR count). The first-order chi connectivity index (χ1) is 6.22. The Bertz CT molecular complexity index is 450. The molecule has 68 valence electrons. The molecule has 0 fully saturated rings. The maximum Gasteiger partial charge on any atom is 0.183 e. The van der Waals surface area contributed by atoms with E-state index in [-0.39, 0.29) is 5.56 Å². The molecule has 0 aliphatic carbocycles. The minimum absolute atomic E-state index is 0.180. The fourth-order valence-corrected chi connectivity index (χ4v) is 2.16. The third kappa shape index (κ3) is 1.32. The summed E-state index contributed by atoms with van der Waals surface area (Å²) in [6, 6.07) is 4.03. The minimum Gasteiger partial charge on any atom is -0.392 e. The van der Waals surface area contributed by atoms with E-state index in [0.29, 0.717) is 10.1 Å². The van der Waals surface area contributed by atoms with Crippen LogP contribution in [-0.2, 0) is 6.61 Å². The minimum atomic E-state index is -0.442. The van der Waals surface area contributed by atoms with Gasteiger partial charge >= 0.3 is 0 Å². The smallest absolute Gasteiger partial charge is 0.183 e. The number of fused-ring (bicyclic) bond motifs is 1. The van der Waals surface area contributed by atoms with Gasteiger partial charge in [0.25, 0.3) is 0 Å². The van der Waals surface area contributed by atoms with Crippen molar-refractivity contribution in [3.63, 3.8) is 0 Å². The Morgan fingerprint density at radius 1 is 1.31 bits per heavy atom. The third-order valence-corrected chi connectivity index (χ3v) is 2.86. The Balaban J connectivity index is 2.80. The van der Waals surface area contributed by atoms with Crippen molar-refractivity contribution in [2.45, 2.75) is 6.61 Å². The monoisotopic (exact) mass is 200 g/mol. The number of thiophene rings is 1. The lowest BCUT2D eigenvalue weighted by molar-refractivity contribution is 0.279. The summed E-state index contributed by atoms with van der Waals surface area (Å²) >= 11 is 0.919. The van der Waals surface area contributed by atoms with Crippen LogP contribution in [0.15, 0.2) is 18.2 Å². The van der Waals surface area contributed by atoms with Gasteiger partial charge in [-0.15, -0.1) is 11.3 Å². The van der Waals surface area contributed by atoms with Gasteiger partial charge in [0.15, 0.2) is 5.13 Å². The SMILES string of the molecule is OCc1c(F)sc2ccc(F)cc12. The zero-order chi connectivity index (χ0) is 9.42. The summed E-state index contributed by atoms with van der Waals surface area (Å²) in [5.41, 5.74) is 0.180. The van der Waals surface area contributed by atoms with Gasteiger partial charge in [-0.05, 0) is 18.2 Å². The lowest BCUT2D eigenvalue weighted by atomic mass is 10.2. The van der Waals surface area contributed by atoms with Crippen molar-refractivity contribution in [3.8, 4) is 0 Å². The van der Waals surface area contributed by atoms with E-state index in [0.717, 1.165) is 11.3 Å². The van der Waals surface area contributed by atoms with Crippen molar-refractivity contribution >= 4 is 21.4 Å². The van der Waals surface area contributed by atoms with Gasteiger partial charge in [-0.25, -0.2) is 4.39 Å². The van der Waals surface area contributed by atoms with E-state index in [1.54, 1.807) is 0 Å². The van der Waals surface area contributed by atoms with Crippen LogP contribution in [0.2, 0.25) is 0 Å². The Labute approximate surface area is 77.2 Å². The van der Waals surface area contributed by atoms with Gasteiger partial charge < -0.3 is 5.11 Å². The van der Waals surface area contributed by atoms with Crippen LogP contribution in [0.1, 0.15) is 5.56 Å². The van der Waals surface area contributed by atoms with Gasteiger partial charge in [-0.3, -0.25) is 0 Å². The third-order valence-electron chi connectivity index (χ3n) is 1.86. The fraction of sp³-hybridized carbons (Fsp3) is 0.111. The molecular formula is C9H6F2OS. The average molecular weight is 200 g/mol. The predicted molar refractivity (Wildman–Crippen MR) is 47.7 cm³/mol. The van der Waals surface area contributed by atoms with Crippen molar-refractivity contribution in [2.75, 3.05) is 0 Å². The Morgan fingerprint density at radius 3 is 2.77 bits per heavy atom. The van der Waals surface area contributed by atoms with Crippen LogP contribution in [0.3, 0.4) is 0 Å². The van der Waals surface area contributed by atoms with Crippen LogP contribution >= 0.6 is 11.3 Å². The Morgan fingerprint density at radius 2 is 2.08 bits per heavy atom. The predicted octanol–water partition coefficient (Wildman–Crippen LogP) is 2.67. The number of benzene rings is 1. The van der Waals surface area contributed by atoms with Crippen LogP contribution in [0.25, 0.3) is 10.1 Å². The summed E-state index contributed by atoms with van der Waals surface area (Å²) in [5, 5.41) is 8.86. The molecule has 13 heavy (non-hydrogen) atoms. The van der Waals surface area contributed by atoms with Crippen LogP contribution < -0.4 is 0 Å². The first-order valence-corrected chi connectivity index (χ1v) is 4.51. The van der Waals surface area contributed by atoms with E-state index in [1.165, 1.54) is 18.2 Å². The standard InChI is InChI=1S/C9H6F2OS/c10-5-1-2-8-6(3-5)7(4-12)9(11)13-8/h1-3,12H,4H2. The van der Waals surface area contributed by atoms with Crippen LogP contribution in [0.5, 0.6) is 0 Å². The molecule has 0 bridgehead atoms. The first-order valence-electron chi connectivity index (χ1n) is 3.69. The molecule has 0 aliphatic heterocycles. The lowest BCUT2D eigenvalue weighted by Crippen LogP contribution is -1.83. The number of aliphatic hydroxyl groups excluding tert-OH is 1. The Hall–Kier alpha value is -1.00. The van der Waals surface area contributed by atoms with Crippen molar-refractivity contribution in [1.29, 1.82) is 0 Å². The summed E-state index contributed by atoms with van der Waals surface area (Å²) in [5.74, 6) is -0.417. The number of aliphatic hydroxyl groups is 1. The fourth-order valence-electron chi connectivity index (χ4n) is 1.24. The van der Waals surface area contributed by atoms with Gasteiger partial charge in [-0.1, -0.05) is 0 Å². The van der Waals surface area contributed by atoms with Gasteiger partial charge in [0, 0.05) is 15.6 Å². The zero-order valence-corrected chi connectivity index (χ0v) is 7.37. The summed E-state index contributed by atoms with van der Waals surface area (Å²) in [7, 11) is 0. The topological polar surface area (TPSA) is 20.2 Å². The van der Waals surface area contributed by atoms with Crippen LogP contribution in [0.4, 0.5) is 8.78 Å². The molecule has 0 aliphatic rings. The van der Waals surface area contributed by atoms with Crippen molar-refractivity contribution < 1.29 is 13.9 Å². The second kappa shape index (κ2) is 3.05. The molecule has 1 aromatic heterocycles. The number of hydrogen-bond donors (Lipinski definition) is 1. The molecule has 0 spiro atoms. The highest BCUT2D eigenvalue weighted by atomic mass is 32.1. The molecule has 2 aromatic rings. The van der Waals surface area contributed by atoms with E-state index in [2.05, 4.69) is 0 Å². The highest BCUT2D eigenvalue weighted by molar-refractivity contribution is 7.17. The zero-order valence-electron chi connectivity index (χ0n) is 6.55. The second-order valence-corrected chi connectivity index (χ2v) is 3.66. The highest BCUT2D eigenvalue weighted by Gasteiger charge is 2.11. The molecule has 1 heterocycles. The molecule has 0 radical (unpaired) electrons. The summed E-state index contributed by atoms with van der Waals surface area (Å²) in [6.45, 7) is -0.394. The van der Waals surface area contributed by atoms with Crippen LogP contribution in [0, 0.1) is 10.9 Å². The molecule has 0 amide bonds. The molecule has 0 saturated carbocycles. The molecule has 0 unspecified atom stereocenters. The molecule has 0 saturated heterocycles. The molecule has 1 nitrogen and oxygen atoms in total. The van der Waals surface area contributed by atoms with Gasteiger partial charge in [0.1, 0.15) is 5.82 Å². The molecule has 4 heteroatoms. The number of halogens is 2. The van der Waals surface area contributed by atoms with E-state index in [9.17, 15) is 8.78 Å². The second-order valence-electron chi connectivity index (χ2n) is 2.65. The molecule has 1 N–H and O–H groups in total. The van der Waals surface area contributed by atoms with Gasteiger partial charge in [0.2, 0.25) is 0 Å². The van der Waals surface area contributed by atoms with Crippen LogP contribution in [-0.4, -0.2) is 5.11 Å². The highest BCUT2D eigenvalue weighted by Crippen LogP contribution is 2.30. The van der Waals surface area contributed by atoms with Crippen molar-refractivity contribution in [2.24, 2.45) is 0 Å². The van der Waals surface area contributed by atoms with E-state index in [4.69, 9.17) is 5.11 Å². The van der Waals surface area contributed by atoms with Crippen molar-refractivity contribution in [3.05, 3.63) is 34.7 Å². The van der Waals surface area contributed by atoms with E-state index >= 15 is 0 Å². The normalized spacial score (nSPS) is 11.0. The molecular weight excluding hydrogens is 194 g/mol. The quantitative estimate of drug-likeness (QED) is 0.750. The van der Waals surface area contributed by atoms with Gasteiger partial charge in [0.05, 0.1) is 6.61 Å². The molecule has 1 aromatic carbocycles. The summed E-state index contributed by atoms with van der Waals surface area (Å²) in [6.07, 6.45) is 0. The van der Waals surface area contributed by atoms with Gasteiger partial charge in [-0.2, -0.15) is 4.39 Å². The van der Waals surface area contributed by atoms with E-state index in [1.807, 2.05) is 0 Å².